The smallest absolute Gasteiger partial charge is 0.0625 e. The summed E-state index contributed by atoms with van der Waals surface area (Å²) in [6.45, 7) is 11.1. The van der Waals surface area contributed by atoms with Crippen molar-refractivity contribution < 1.29 is 0 Å². The van der Waals surface area contributed by atoms with Gasteiger partial charge in [-0.3, -0.25) is 9.58 Å². The standard InChI is InChI=1S/C17H30N4/c1-4-14-9-16(21(6-3)19-14)11-20-12-17(13-7-8-13)18-10-15(20)5-2/h9,13,15,17-18H,4-8,10-12H2,1-3H3. The summed E-state index contributed by atoms with van der Waals surface area (Å²) in [6.07, 6.45) is 5.11. The van der Waals surface area contributed by atoms with Crippen molar-refractivity contribution in [2.45, 2.75) is 71.6 Å². The molecule has 2 unspecified atom stereocenters. The van der Waals surface area contributed by atoms with Gasteiger partial charge in [-0.1, -0.05) is 13.8 Å². The summed E-state index contributed by atoms with van der Waals surface area (Å²) in [5.74, 6) is 0.938. The van der Waals surface area contributed by atoms with Crippen LogP contribution in [0.5, 0.6) is 0 Å². The summed E-state index contributed by atoms with van der Waals surface area (Å²) >= 11 is 0. The van der Waals surface area contributed by atoms with Gasteiger partial charge in [0.15, 0.2) is 0 Å². The number of nitrogens with zero attached hydrogens (tertiary/aromatic N) is 3. The van der Waals surface area contributed by atoms with Gasteiger partial charge in [-0.05, 0) is 44.6 Å². The van der Waals surface area contributed by atoms with Crippen LogP contribution < -0.4 is 5.32 Å². The molecule has 4 heteroatoms. The van der Waals surface area contributed by atoms with Gasteiger partial charge < -0.3 is 5.32 Å². The lowest BCUT2D eigenvalue weighted by atomic mass is 10.0. The van der Waals surface area contributed by atoms with Gasteiger partial charge >= 0.3 is 0 Å². The van der Waals surface area contributed by atoms with Gasteiger partial charge in [-0.2, -0.15) is 5.10 Å². The molecule has 0 aromatic carbocycles. The van der Waals surface area contributed by atoms with Gasteiger partial charge in [-0.25, -0.2) is 0 Å². The van der Waals surface area contributed by atoms with Crippen molar-refractivity contribution >= 4 is 0 Å². The van der Waals surface area contributed by atoms with Crippen molar-refractivity contribution in [3.05, 3.63) is 17.5 Å². The van der Waals surface area contributed by atoms with E-state index in [1.165, 1.54) is 37.2 Å². The van der Waals surface area contributed by atoms with E-state index < -0.39 is 0 Å². The first-order valence-electron chi connectivity index (χ1n) is 8.78. The summed E-state index contributed by atoms with van der Waals surface area (Å²) in [5.41, 5.74) is 2.62. The van der Waals surface area contributed by atoms with E-state index in [9.17, 15) is 0 Å². The predicted molar refractivity (Wildman–Crippen MR) is 86.3 cm³/mol. The Kier molecular flexibility index (Phi) is 4.65. The normalized spacial score (nSPS) is 27.2. The summed E-state index contributed by atoms with van der Waals surface area (Å²) in [5, 5.41) is 8.48. The third-order valence-corrected chi connectivity index (χ3v) is 5.17. The Morgan fingerprint density at radius 2 is 2.10 bits per heavy atom. The van der Waals surface area contributed by atoms with Crippen LogP contribution in [0.25, 0.3) is 0 Å². The van der Waals surface area contributed by atoms with Crippen LogP contribution in [0.3, 0.4) is 0 Å². The number of piperazine rings is 1. The Morgan fingerprint density at radius 1 is 1.29 bits per heavy atom. The second kappa shape index (κ2) is 6.49. The third-order valence-electron chi connectivity index (χ3n) is 5.17. The van der Waals surface area contributed by atoms with Crippen molar-refractivity contribution in [1.29, 1.82) is 0 Å². The number of hydrogen-bond donors (Lipinski definition) is 1. The Morgan fingerprint density at radius 3 is 2.71 bits per heavy atom. The summed E-state index contributed by atoms with van der Waals surface area (Å²) in [7, 11) is 0. The molecule has 21 heavy (non-hydrogen) atoms. The molecular weight excluding hydrogens is 260 g/mol. The van der Waals surface area contributed by atoms with E-state index in [-0.39, 0.29) is 0 Å². The molecule has 2 fully saturated rings. The molecule has 2 heterocycles. The highest BCUT2D eigenvalue weighted by molar-refractivity contribution is 5.11. The van der Waals surface area contributed by atoms with E-state index in [0.717, 1.165) is 38.0 Å². The number of hydrogen-bond acceptors (Lipinski definition) is 3. The number of aromatic nitrogens is 2. The molecule has 118 valence electrons. The maximum Gasteiger partial charge on any atom is 0.0625 e. The molecule has 1 saturated heterocycles. The number of nitrogens with one attached hydrogen (secondary N) is 1. The van der Waals surface area contributed by atoms with Crippen molar-refractivity contribution in [3.63, 3.8) is 0 Å². The van der Waals surface area contributed by atoms with Crippen molar-refractivity contribution in [1.82, 2.24) is 20.0 Å². The predicted octanol–water partition coefficient (Wildman–Crippen LogP) is 2.43. The lowest BCUT2D eigenvalue weighted by Crippen LogP contribution is -2.56. The van der Waals surface area contributed by atoms with Crippen LogP contribution in [0.2, 0.25) is 0 Å². The Bertz CT molecular complexity index is 463. The molecule has 4 nitrogen and oxygen atoms in total. The van der Waals surface area contributed by atoms with Gasteiger partial charge in [0.1, 0.15) is 0 Å². The molecule has 1 aromatic rings. The topological polar surface area (TPSA) is 33.1 Å². The van der Waals surface area contributed by atoms with E-state index >= 15 is 0 Å². The van der Waals surface area contributed by atoms with Gasteiger partial charge in [0.05, 0.1) is 11.4 Å². The highest BCUT2D eigenvalue weighted by Crippen LogP contribution is 2.34. The largest absolute Gasteiger partial charge is 0.311 e. The molecular formula is C17H30N4. The molecule has 1 N–H and O–H groups in total. The van der Waals surface area contributed by atoms with Crippen LogP contribution in [0, 0.1) is 5.92 Å². The maximum atomic E-state index is 4.70. The fraction of sp³-hybridized carbons (Fsp3) is 0.824. The average Bonchev–Trinajstić information content (AvgIpc) is 3.29. The van der Waals surface area contributed by atoms with Crippen LogP contribution in [0.15, 0.2) is 6.07 Å². The van der Waals surface area contributed by atoms with E-state index in [2.05, 4.69) is 41.7 Å². The molecule has 0 bridgehead atoms. The van der Waals surface area contributed by atoms with Gasteiger partial charge in [-0.15, -0.1) is 0 Å². The first-order valence-corrected chi connectivity index (χ1v) is 8.78. The fourth-order valence-electron chi connectivity index (χ4n) is 3.59. The zero-order valence-electron chi connectivity index (χ0n) is 13.8. The SMILES string of the molecule is CCc1cc(CN2CC(C3CC3)NCC2CC)n(CC)n1. The van der Waals surface area contributed by atoms with Gasteiger partial charge in [0, 0.05) is 38.3 Å². The highest BCUT2D eigenvalue weighted by atomic mass is 15.3. The summed E-state index contributed by atoms with van der Waals surface area (Å²) in [4.78, 5) is 2.70. The molecule has 2 atom stereocenters. The third kappa shape index (κ3) is 3.32. The van der Waals surface area contributed by atoms with Crippen LogP contribution >= 0.6 is 0 Å². The van der Waals surface area contributed by atoms with E-state index in [1.807, 2.05) is 0 Å². The molecule has 2 aliphatic rings. The summed E-state index contributed by atoms with van der Waals surface area (Å²) < 4.78 is 2.19. The minimum Gasteiger partial charge on any atom is -0.311 e. The van der Waals surface area contributed by atoms with E-state index in [4.69, 9.17) is 5.10 Å². The molecule has 1 saturated carbocycles. The number of aryl methyl sites for hydroxylation is 2. The molecule has 0 radical (unpaired) electrons. The molecule has 0 amide bonds. The Labute approximate surface area is 128 Å². The van der Waals surface area contributed by atoms with Crippen LogP contribution in [0.1, 0.15) is 51.4 Å². The quantitative estimate of drug-likeness (QED) is 0.873. The van der Waals surface area contributed by atoms with Crippen molar-refractivity contribution in [3.8, 4) is 0 Å². The van der Waals surface area contributed by atoms with E-state index in [0.29, 0.717) is 6.04 Å². The first-order chi connectivity index (χ1) is 10.2. The zero-order chi connectivity index (χ0) is 14.8. The molecule has 3 rings (SSSR count). The maximum absolute atomic E-state index is 4.70. The number of rotatable bonds is 6. The minimum atomic E-state index is 0.672. The highest BCUT2D eigenvalue weighted by Gasteiger charge is 2.36. The average molecular weight is 290 g/mol. The zero-order valence-corrected chi connectivity index (χ0v) is 13.8. The fourth-order valence-corrected chi connectivity index (χ4v) is 3.59. The first kappa shape index (κ1) is 15.0. The second-order valence-electron chi connectivity index (χ2n) is 6.64. The van der Waals surface area contributed by atoms with Crippen LogP contribution in [-0.2, 0) is 19.5 Å². The lowest BCUT2D eigenvalue weighted by Gasteiger charge is -2.40. The Balaban J connectivity index is 1.72. The monoisotopic (exact) mass is 290 g/mol. The molecule has 1 aromatic heterocycles. The van der Waals surface area contributed by atoms with E-state index in [1.54, 1.807) is 0 Å². The van der Waals surface area contributed by atoms with Crippen LogP contribution in [0.4, 0.5) is 0 Å². The molecule has 1 aliphatic heterocycles. The van der Waals surface area contributed by atoms with Gasteiger partial charge in [0.2, 0.25) is 0 Å². The molecule has 0 spiro atoms. The minimum absolute atomic E-state index is 0.672. The Hall–Kier alpha value is -0.870. The molecule has 1 aliphatic carbocycles. The van der Waals surface area contributed by atoms with Gasteiger partial charge in [0.25, 0.3) is 0 Å². The van der Waals surface area contributed by atoms with Crippen LogP contribution in [-0.4, -0.2) is 39.9 Å². The summed E-state index contributed by atoms with van der Waals surface area (Å²) in [6, 6.07) is 3.70. The second-order valence-corrected chi connectivity index (χ2v) is 6.64. The van der Waals surface area contributed by atoms with Crippen molar-refractivity contribution in [2.75, 3.05) is 13.1 Å². The van der Waals surface area contributed by atoms with Crippen molar-refractivity contribution in [2.24, 2.45) is 5.92 Å². The lowest BCUT2D eigenvalue weighted by molar-refractivity contribution is 0.108.